The van der Waals surface area contributed by atoms with Crippen molar-refractivity contribution in [1.82, 2.24) is 10.6 Å². The molecular formula is C24H6F4N2O4. The Kier molecular flexibility index (Phi) is 3.15. The van der Waals surface area contributed by atoms with Crippen molar-refractivity contribution in [3.63, 3.8) is 0 Å². The fourth-order valence-electron chi connectivity index (χ4n) is 5.31. The molecule has 10 heteroatoms. The van der Waals surface area contributed by atoms with Gasteiger partial charge >= 0.3 is 0 Å². The number of fused-ring (bicyclic) bond motifs is 2. The Morgan fingerprint density at radius 2 is 0.618 bits per heavy atom. The number of hydrogen-bond acceptors (Lipinski definition) is 4. The number of carbonyl (C=O) groups is 4. The highest BCUT2D eigenvalue weighted by molar-refractivity contribution is 6.41. The predicted molar refractivity (Wildman–Crippen MR) is 111 cm³/mol. The summed E-state index contributed by atoms with van der Waals surface area (Å²) in [6.07, 6.45) is 0. The maximum atomic E-state index is 15.5. The van der Waals surface area contributed by atoms with E-state index in [1.807, 2.05) is 10.6 Å². The first-order valence-corrected chi connectivity index (χ1v) is 9.88. The Bertz CT molecular complexity index is 1660. The minimum absolute atomic E-state index is 0.145. The molecule has 5 aromatic carbocycles. The maximum Gasteiger partial charge on any atom is 0.258 e. The third kappa shape index (κ3) is 1.93. The first-order chi connectivity index (χ1) is 16.2. The molecule has 0 atom stereocenters. The fourth-order valence-corrected chi connectivity index (χ4v) is 5.31. The molecule has 2 aliphatic rings. The Labute approximate surface area is 184 Å². The summed E-state index contributed by atoms with van der Waals surface area (Å²) in [5.41, 5.74) is -1.18. The topological polar surface area (TPSA) is 92.3 Å². The quantitative estimate of drug-likeness (QED) is 0.157. The number of nitrogens with one attached hydrogen (secondary N) is 2. The summed E-state index contributed by atoms with van der Waals surface area (Å²) in [7, 11) is 0. The lowest BCUT2D eigenvalue weighted by atomic mass is 9.82. The van der Waals surface area contributed by atoms with Gasteiger partial charge in [0.25, 0.3) is 23.6 Å². The zero-order valence-electron chi connectivity index (χ0n) is 16.5. The van der Waals surface area contributed by atoms with Crippen molar-refractivity contribution in [2.75, 3.05) is 0 Å². The molecule has 0 bridgehead atoms. The monoisotopic (exact) mass is 462 g/mol. The van der Waals surface area contributed by atoms with Crippen LogP contribution in [0.5, 0.6) is 0 Å². The van der Waals surface area contributed by atoms with Crippen LogP contribution in [0.15, 0.2) is 24.3 Å². The summed E-state index contributed by atoms with van der Waals surface area (Å²) in [5.74, 6) is -8.27. The minimum Gasteiger partial charge on any atom is -0.288 e. The number of amides is 4. The zero-order valence-corrected chi connectivity index (χ0v) is 16.5. The van der Waals surface area contributed by atoms with Crippen molar-refractivity contribution in [3.05, 3.63) is 69.8 Å². The van der Waals surface area contributed by atoms with E-state index in [9.17, 15) is 19.2 Å². The molecule has 0 saturated carbocycles. The van der Waals surface area contributed by atoms with E-state index in [0.29, 0.717) is 0 Å². The van der Waals surface area contributed by atoms with Crippen LogP contribution in [0.2, 0.25) is 0 Å². The second kappa shape index (κ2) is 5.66. The van der Waals surface area contributed by atoms with Crippen LogP contribution in [-0.4, -0.2) is 23.6 Å². The third-order valence-electron chi connectivity index (χ3n) is 6.55. The molecule has 2 N–H and O–H groups in total. The molecule has 5 aromatic rings. The number of hydrogen-bond donors (Lipinski definition) is 2. The van der Waals surface area contributed by atoms with Gasteiger partial charge in [0.1, 0.15) is 23.3 Å². The molecule has 0 aliphatic carbocycles. The number of benzene rings is 5. The average molecular weight is 462 g/mol. The van der Waals surface area contributed by atoms with Crippen LogP contribution < -0.4 is 10.6 Å². The Hall–Kier alpha value is -4.60. The van der Waals surface area contributed by atoms with Gasteiger partial charge in [-0.25, -0.2) is 17.6 Å². The molecule has 0 spiro atoms. The smallest absolute Gasteiger partial charge is 0.258 e. The van der Waals surface area contributed by atoms with Crippen molar-refractivity contribution in [3.8, 4) is 0 Å². The highest BCUT2D eigenvalue weighted by Crippen LogP contribution is 2.48. The molecule has 164 valence electrons. The van der Waals surface area contributed by atoms with E-state index >= 15 is 17.6 Å². The highest BCUT2D eigenvalue weighted by Gasteiger charge is 2.35. The zero-order chi connectivity index (χ0) is 23.8. The highest BCUT2D eigenvalue weighted by atomic mass is 19.1. The van der Waals surface area contributed by atoms with Crippen molar-refractivity contribution >= 4 is 66.7 Å². The van der Waals surface area contributed by atoms with E-state index in [-0.39, 0.29) is 43.8 Å². The number of carbonyl (C=O) groups excluding carboxylic acids is 4. The maximum absolute atomic E-state index is 15.5. The van der Waals surface area contributed by atoms with Crippen LogP contribution in [0, 0.1) is 23.3 Å². The van der Waals surface area contributed by atoms with Gasteiger partial charge in [-0.15, -0.1) is 0 Å². The van der Waals surface area contributed by atoms with E-state index in [1.165, 1.54) is 0 Å². The molecule has 4 amide bonds. The minimum atomic E-state index is -1.12. The van der Waals surface area contributed by atoms with Crippen LogP contribution in [0.4, 0.5) is 17.6 Å². The van der Waals surface area contributed by atoms with E-state index < -0.39 is 68.4 Å². The summed E-state index contributed by atoms with van der Waals surface area (Å²) < 4.78 is 62.0. The van der Waals surface area contributed by atoms with Gasteiger partial charge in [0.2, 0.25) is 0 Å². The van der Waals surface area contributed by atoms with E-state index in [1.54, 1.807) is 0 Å². The normalized spacial score (nSPS) is 15.2. The van der Waals surface area contributed by atoms with Crippen molar-refractivity contribution < 1.29 is 36.7 Å². The van der Waals surface area contributed by atoms with Gasteiger partial charge in [0.05, 0.1) is 22.3 Å². The summed E-state index contributed by atoms with van der Waals surface area (Å²) in [4.78, 5) is 49.6. The van der Waals surface area contributed by atoms with Crippen LogP contribution in [-0.2, 0) is 0 Å². The van der Waals surface area contributed by atoms with E-state index in [2.05, 4.69) is 0 Å². The Morgan fingerprint density at radius 3 is 0.853 bits per heavy atom. The Balaban J connectivity index is 1.93. The molecule has 0 fully saturated rings. The molecule has 0 aromatic heterocycles. The predicted octanol–water partition coefficient (Wildman–Crippen LogP) is 4.06. The summed E-state index contributed by atoms with van der Waals surface area (Å²) in [5, 5.41) is 1.01. The molecule has 2 heterocycles. The number of rotatable bonds is 0. The standard InChI is InChI=1S/C24H6F4N2O4/c25-9-1-5-13-6(22(32)29-21(5)31)2-11(27)17-18-12(28)4-8-14-7(23(33)30-24(8)34)3-10(26)16(20(14)18)15(9)19(13)17/h1-4H,(H,29,31,32)(H,30,33,34). The molecular weight excluding hydrogens is 456 g/mol. The second-order valence-corrected chi connectivity index (χ2v) is 8.19. The van der Waals surface area contributed by atoms with Crippen molar-refractivity contribution in [1.29, 1.82) is 0 Å². The lowest BCUT2D eigenvalue weighted by molar-refractivity contribution is 0.0828. The molecule has 0 radical (unpaired) electrons. The van der Waals surface area contributed by atoms with Crippen LogP contribution in [0.1, 0.15) is 41.4 Å². The van der Waals surface area contributed by atoms with Crippen LogP contribution in [0.3, 0.4) is 0 Å². The second-order valence-electron chi connectivity index (χ2n) is 8.19. The first-order valence-electron chi connectivity index (χ1n) is 9.88. The lowest BCUT2D eigenvalue weighted by Crippen LogP contribution is -2.35. The summed E-state index contributed by atoms with van der Waals surface area (Å²) in [6, 6.07) is 3.16. The average Bonchev–Trinajstić information content (AvgIpc) is 2.77. The van der Waals surface area contributed by atoms with Gasteiger partial charge < -0.3 is 0 Å². The van der Waals surface area contributed by atoms with Crippen LogP contribution in [0.25, 0.3) is 43.1 Å². The SMILES string of the molecule is O=C1NC(=O)c2cc(F)c3c4c(F)cc5c6c(cc(F)c(c7c(F)cc1c2c73)c64)C(=O)NC5=O. The van der Waals surface area contributed by atoms with Crippen molar-refractivity contribution in [2.24, 2.45) is 0 Å². The third-order valence-corrected chi connectivity index (χ3v) is 6.55. The largest absolute Gasteiger partial charge is 0.288 e. The Morgan fingerprint density at radius 1 is 0.382 bits per heavy atom. The van der Waals surface area contributed by atoms with Gasteiger partial charge in [0.15, 0.2) is 0 Å². The molecule has 6 nitrogen and oxygen atoms in total. The number of halogens is 4. The summed E-state index contributed by atoms with van der Waals surface area (Å²) >= 11 is 0. The molecule has 0 saturated heterocycles. The number of imide groups is 2. The summed E-state index contributed by atoms with van der Waals surface area (Å²) in [6.45, 7) is 0. The van der Waals surface area contributed by atoms with Gasteiger partial charge in [-0.2, -0.15) is 0 Å². The molecule has 2 aliphatic heterocycles. The first kappa shape index (κ1) is 18.9. The lowest BCUT2D eigenvalue weighted by Gasteiger charge is -2.24. The van der Waals surface area contributed by atoms with Crippen LogP contribution >= 0.6 is 0 Å². The van der Waals surface area contributed by atoms with Gasteiger partial charge in [-0.3, -0.25) is 29.8 Å². The van der Waals surface area contributed by atoms with E-state index in [4.69, 9.17) is 0 Å². The molecule has 34 heavy (non-hydrogen) atoms. The van der Waals surface area contributed by atoms with Gasteiger partial charge in [0, 0.05) is 43.1 Å². The van der Waals surface area contributed by atoms with E-state index in [0.717, 1.165) is 24.3 Å². The molecule has 0 unspecified atom stereocenters. The van der Waals surface area contributed by atoms with Crippen molar-refractivity contribution in [2.45, 2.75) is 0 Å². The fraction of sp³-hybridized carbons (Fsp3) is 0. The molecule has 7 rings (SSSR count). The van der Waals surface area contributed by atoms with Gasteiger partial charge in [-0.1, -0.05) is 0 Å². The van der Waals surface area contributed by atoms with Gasteiger partial charge in [-0.05, 0) is 24.3 Å².